The van der Waals surface area contributed by atoms with Crippen LogP contribution in [0.1, 0.15) is 5.56 Å². The van der Waals surface area contributed by atoms with Crippen molar-refractivity contribution >= 4 is 55.4 Å². The van der Waals surface area contributed by atoms with Crippen LogP contribution in [0.15, 0.2) is 120 Å². The van der Waals surface area contributed by atoms with Gasteiger partial charge in [0, 0.05) is 49.7 Å². The van der Waals surface area contributed by atoms with E-state index >= 15 is 0 Å². The lowest BCUT2D eigenvalue weighted by molar-refractivity contribution is 0.669. The molecule has 37 heavy (non-hydrogen) atoms. The Bertz CT molecular complexity index is 1900. The van der Waals surface area contributed by atoms with Crippen LogP contribution in [-0.4, -0.2) is 9.97 Å². The van der Waals surface area contributed by atoms with Gasteiger partial charge in [-0.1, -0.05) is 83.3 Å². The van der Waals surface area contributed by atoms with E-state index in [1.807, 2.05) is 36.7 Å². The van der Waals surface area contributed by atoms with E-state index in [1.165, 1.54) is 16.7 Å². The van der Waals surface area contributed by atoms with Gasteiger partial charge in [0.25, 0.3) is 0 Å². The lowest BCUT2D eigenvalue weighted by Crippen LogP contribution is -1.88. The van der Waals surface area contributed by atoms with Gasteiger partial charge in [-0.3, -0.25) is 9.97 Å². The Morgan fingerprint density at radius 1 is 0.568 bits per heavy atom. The monoisotopic (exact) mass is 588 g/mol. The first-order chi connectivity index (χ1) is 18.2. The van der Waals surface area contributed by atoms with Crippen molar-refractivity contribution < 1.29 is 4.42 Å². The number of alkyl halides is 1. The molecule has 0 saturated heterocycles. The Morgan fingerprint density at radius 2 is 1.32 bits per heavy atom. The molecular weight excluding hydrogens is 567 g/mol. The molecular formula is C33H21IN2O. The van der Waals surface area contributed by atoms with Crippen molar-refractivity contribution in [1.82, 2.24) is 9.97 Å². The van der Waals surface area contributed by atoms with Crippen molar-refractivity contribution in [2.45, 2.75) is 4.43 Å². The molecule has 176 valence electrons. The molecule has 0 fully saturated rings. The van der Waals surface area contributed by atoms with Crippen LogP contribution in [0.25, 0.3) is 66.4 Å². The molecule has 0 aliphatic carbocycles. The van der Waals surface area contributed by atoms with Crippen molar-refractivity contribution in [3.8, 4) is 33.5 Å². The molecule has 7 rings (SSSR count). The highest BCUT2D eigenvalue weighted by atomic mass is 127. The predicted octanol–water partition coefficient (Wildman–Crippen LogP) is 9.47. The number of rotatable bonds is 4. The largest absolute Gasteiger partial charge is 0.456 e. The minimum absolute atomic E-state index is 0.893. The molecule has 0 bridgehead atoms. The van der Waals surface area contributed by atoms with Crippen LogP contribution >= 0.6 is 22.6 Å². The summed E-state index contributed by atoms with van der Waals surface area (Å²) in [5.74, 6) is 0. The Balaban J connectivity index is 1.19. The second-order valence-corrected chi connectivity index (χ2v) is 9.97. The first-order valence-corrected chi connectivity index (χ1v) is 13.7. The number of nitrogens with zero attached hydrogens (tertiary/aromatic N) is 2. The van der Waals surface area contributed by atoms with Crippen LogP contribution < -0.4 is 0 Å². The average Bonchev–Trinajstić information content (AvgIpc) is 3.35. The first-order valence-electron chi connectivity index (χ1n) is 12.2. The number of para-hydroxylation sites is 1. The topological polar surface area (TPSA) is 38.9 Å². The highest BCUT2D eigenvalue weighted by Gasteiger charge is 2.10. The van der Waals surface area contributed by atoms with Crippen LogP contribution in [0, 0.1) is 0 Å². The number of fused-ring (bicyclic) bond motifs is 4. The van der Waals surface area contributed by atoms with E-state index in [0.717, 1.165) is 59.7 Å². The third-order valence-electron chi connectivity index (χ3n) is 6.90. The highest BCUT2D eigenvalue weighted by Crippen LogP contribution is 2.33. The summed E-state index contributed by atoms with van der Waals surface area (Å²) in [4.78, 5) is 9.56. The maximum atomic E-state index is 5.97. The Hall–Kier alpha value is -4.03. The van der Waals surface area contributed by atoms with Gasteiger partial charge in [-0.2, -0.15) is 0 Å². The van der Waals surface area contributed by atoms with Gasteiger partial charge in [0.05, 0.1) is 11.2 Å². The van der Waals surface area contributed by atoms with E-state index in [4.69, 9.17) is 14.4 Å². The fourth-order valence-electron chi connectivity index (χ4n) is 4.87. The Morgan fingerprint density at radius 3 is 2.16 bits per heavy atom. The fourth-order valence-corrected chi connectivity index (χ4v) is 5.37. The molecule has 0 aliphatic rings. The second kappa shape index (κ2) is 9.12. The summed E-state index contributed by atoms with van der Waals surface area (Å²) in [6.45, 7) is 0. The van der Waals surface area contributed by atoms with Gasteiger partial charge in [0.15, 0.2) is 0 Å². The summed E-state index contributed by atoms with van der Waals surface area (Å²) in [6.07, 6.45) is 3.87. The molecule has 7 aromatic rings. The van der Waals surface area contributed by atoms with Gasteiger partial charge in [-0.05, 0) is 59.2 Å². The summed E-state index contributed by atoms with van der Waals surface area (Å²) in [5, 5.41) is 3.35. The van der Waals surface area contributed by atoms with E-state index in [1.54, 1.807) is 0 Å². The molecule has 3 nitrogen and oxygen atoms in total. The van der Waals surface area contributed by atoms with Crippen LogP contribution in [0.4, 0.5) is 0 Å². The number of aromatic nitrogens is 2. The molecule has 4 aromatic carbocycles. The summed E-state index contributed by atoms with van der Waals surface area (Å²) in [7, 11) is 0. The average molecular weight is 588 g/mol. The predicted molar refractivity (Wildman–Crippen MR) is 161 cm³/mol. The molecule has 0 atom stereocenters. The van der Waals surface area contributed by atoms with E-state index in [-0.39, 0.29) is 0 Å². The van der Waals surface area contributed by atoms with Gasteiger partial charge in [-0.15, -0.1) is 0 Å². The quantitative estimate of drug-likeness (QED) is 0.152. The SMILES string of the molecule is ICc1ccc(-c2ccc3cc(-c4ccc(-c5ccc6oc7ccccc7c6c5)nc4)cnc3c2)cc1. The third-order valence-corrected chi connectivity index (χ3v) is 7.78. The number of hydrogen-bond donors (Lipinski definition) is 0. The fraction of sp³-hybridized carbons (Fsp3) is 0.0303. The molecule has 0 radical (unpaired) electrons. The van der Waals surface area contributed by atoms with Crippen molar-refractivity contribution in [3.63, 3.8) is 0 Å². The van der Waals surface area contributed by atoms with Crippen molar-refractivity contribution in [1.29, 1.82) is 0 Å². The second-order valence-electron chi connectivity index (χ2n) is 9.20. The van der Waals surface area contributed by atoms with Crippen molar-refractivity contribution in [2.24, 2.45) is 0 Å². The van der Waals surface area contributed by atoms with Crippen LogP contribution in [-0.2, 0) is 4.43 Å². The van der Waals surface area contributed by atoms with Crippen molar-refractivity contribution in [3.05, 3.63) is 121 Å². The zero-order chi connectivity index (χ0) is 24.8. The maximum Gasteiger partial charge on any atom is 0.135 e. The van der Waals surface area contributed by atoms with Gasteiger partial charge >= 0.3 is 0 Å². The summed E-state index contributed by atoms with van der Waals surface area (Å²) in [6, 6.07) is 36.0. The lowest BCUT2D eigenvalue weighted by Gasteiger charge is -2.08. The van der Waals surface area contributed by atoms with E-state index in [9.17, 15) is 0 Å². The highest BCUT2D eigenvalue weighted by molar-refractivity contribution is 14.1. The molecule has 0 spiro atoms. The molecule has 0 amide bonds. The van der Waals surface area contributed by atoms with Gasteiger partial charge in [0.1, 0.15) is 11.2 Å². The van der Waals surface area contributed by atoms with Crippen LogP contribution in [0.5, 0.6) is 0 Å². The molecule has 0 N–H and O–H groups in total. The number of furan rings is 1. The number of pyridine rings is 2. The first kappa shape index (κ1) is 22.2. The smallest absolute Gasteiger partial charge is 0.135 e. The third kappa shape index (κ3) is 4.07. The number of hydrogen-bond acceptors (Lipinski definition) is 3. The van der Waals surface area contributed by atoms with Gasteiger partial charge < -0.3 is 4.42 Å². The van der Waals surface area contributed by atoms with E-state index < -0.39 is 0 Å². The van der Waals surface area contributed by atoms with Crippen molar-refractivity contribution in [2.75, 3.05) is 0 Å². The number of benzene rings is 4. The maximum absolute atomic E-state index is 5.97. The van der Waals surface area contributed by atoms with E-state index in [2.05, 4.69) is 101 Å². The summed E-state index contributed by atoms with van der Waals surface area (Å²) < 4.78 is 6.99. The van der Waals surface area contributed by atoms with Gasteiger partial charge in [-0.25, -0.2) is 0 Å². The standard InChI is InChI=1S/C33H21IN2O/c34-18-21-5-7-22(8-6-21)23-9-10-24-15-27(20-36-31(24)17-23)26-11-13-30(35-19-26)25-12-14-33-29(16-25)28-3-1-2-4-32(28)37-33/h1-17,19-20H,18H2. The number of halogens is 1. The lowest BCUT2D eigenvalue weighted by atomic mass is 10.0. The van der Waals surface area contributed by atoms with Gasteiger partial charge in [0.2, 0.25) is 0 Å². The zero-order valence-electron chi connectivity index (χ0n) is 19.9. The Kier molecular flexibility index (Phi) is 5.47. The minimum atomic E-state index is 0.893. The molecule has 4 heteroatoms. The summed E-state index contributed by atoms with van der Waals surface area (Å²) >= 11 is 2.39. The van der Waals surface area contributed by atoms with Crippen LogP contribution in [0.3, 0.4) is 0 Å². The van der Waals surface area contributed by atoms with Crippen LogP contribution in [0.2, 0.25) is 0 Å². The van der Waals surface area contributed by atoms with E-state index in [0.29, 0.717) is 0 Å². The Labute approximate surface area is 228 Å². The normalized spacial score (nSPS) is 11.5. The molecule has 3 aromatic heterocycles. The summed E-state index contributed by atoms with van der Waals surface area (Å²) in [5.41, 5.74) is 10.6. The minimum Gasteiger partial charge on any atom is -0.456 e. The molecule has 0 unspecified atom stereocenters. The molecule has 0 saturated carbocycles. The molecule has 0 aliphatic heterocycles. The molecule has 3 heterocycles. The zero-order valence-corrected chi connectivity index (χ0v) is 22.0.